The van der Waals surface area contributed by atoms with Crippen molar-refractivity contribution in [1.29, 1.82) is 0 Å². The molecule has 0 amide bonds. The van der Waals surface area contributed by atoms with Crippen LogP contribution in [0.2, 0.25) is 0 Å². The van der Waals surface area contributed by atoms with Crippen LogP contribution in [0.1, 0.15) is 29.9 Å². The second kappa shape index (κ2) is 7.57. The number of carbonyl (C=O) groups excluding carboxylic acids is 1. The molecule has 0 radical (unpaired) electrons. The Balaban J connectivity index is 0.00000200. The molecule has 20 heavy (non-hydrogen) atoms. The van der Waals surface area contributed by atoms with Gasteiger partial charge in [-0.15, -0.1) is 12.4 Å². The van der Waals surface area contributed by atoms with E-state index in [0.717, 1.165) is 25.3 Å². The van der Waals surface area contributed by atoms with Crippen molar-refractivity contribution >= 4 is 18.4 Å². The number of piperazine rings is 1. The number of ether oxygens (including phenoxy) is 1. The first-order valence-corrected chi connectivity index (χ1v) is 6.60. The van der Waals surface area contributed by atoms with Crippen LogP contribution in [0.3, 0.4) is 0 Å². The minimum atomic E-state index is -0.344. The zero-order chi connectivity index (χ0) is 13.8. The lowest BCUT2D eigenvalue weighted by atomic mass is 10.1. The number of rotatable bonds is 3. The van der Waals surface area contributed by atoms with Crippen molar-refractivity contribution in [2.45, 2.75) is 32.5 Å². The average molecular weight is 300 g/mol. The van der Waals surface area contributed by atoms with Crippen LogP contribution >= 0.6 is 12.4 Å². The normalized spacial score (nSPS) is 22.9. The number of aromatic nitrogens is 1. The van der Waals surface area contributed by atoms with Crippen LogP contribution in [-0.2, 0) is 11.3 Å². The molecule has 0 bridgehead atoms. The molecule has 0 aliphatic carbocycles. The lowest BCUT2D eigenvalue weighted by Crippen LogP contribution is -2.53. The number of methoxy groups -OCH3 is 1. The summed E-state index contributed by atoms with van der Waals surface area (Å²) in [6, 6.07) is 4.66. The number of hydrogen-bond acceptors (Lipinski definition) is 5. The van der Waals surface area contributed by atoms with Gasteiger partial charge in [0.05, 0.1) is 18.4 Å². The maximum absolute atomic E-state index is 11.3. The van der Waals surface area contributed by atoms with Crippen LogP contribution in [0.4, 0.5) is 0 Å². The second-order valence-corrected chi connectivity index (χ2v) is 5.19. The molecule has 1 N–H and O–H groups in total. The van der Waals surface area contributed by atoms with Crippen LogP contribution in [0.25, 0.3) is 0 Å². The molecular weight excluding hydrogens is 278 g/mol. The van der Waals surface area contributed by atoms with E-state index >= 15 is 0 Å². The molecular formula is C14H22ClN3O2. The summed E-state index contributed by atoms with van der Waals surface area (Å²) in [5.41, 5.74) is 1.47. The quantitative estimate of drug-likeness (QED) is 0.857. The van der Waals surface area contributed by atoms with Crippen molar-refractivity contribution in [3.8, 4) is 0 Å². The van der Waals surface area contributed by atoms with Gasteiger partial charge in [0, 0.05) is 37.9 Å². The van der Waals surface area contributed by atoms with E-state index in [9.17, 15) is 4.79 Å². The molecule has 2 unspecified atom stereocenters. The van der Waals surface area contributed by atoms with Gasteiger partial charge in [-0.2, -0.15) is 0 Å². The molecule has 1 saturated heterocycles. The number of halogens is 1. The van der Waals surface area contributed by atoms with E-state index in [0.29, 0.717) is 17.6 Å². The molecule has 0 spiro atoms. The highest BCUT2D eigenvalue weighted by Crippen LogP contribution is 2.09. The minimum absolute atomic E-state index is 0. The average Bonchev–Trinajstić information content (AvgIpc) is 2.37. The molecule has 2 atom stereocenters. The lowest BCUT2D eigenvalue weighted by molar-refractivity contribution is 0.0600. The van der Waals surface area contributed by atoms with E-state index in [2.05, 4.69) is 33.8 Å². The standard InChI is InChI=1S/C14H21N3O2.ClH/c1-10-7-17(8-11(2)16-10)9-13-5-4-12(6-15-13)14(18)19-3;/h4-6,10-11,16H,7-9H2,1-3H3;1H. The maximum Gasteiger partial charge on any atom is 0.339 e. The Kier molecular flexibility index (Phi) is 6.39. The van der Waals surface area contributed by atoms with Crippen molar-refractivity contribution in [1.82, 2.24) is 15.2 Å². The largest absolute Gasteiger partial charge is 0.465 e. The zero-order valence-electron chi connectivity index (χ0n) is 12.1. The summed E-state index contributed by atoms with van der Waals surface area (Å²) < 4.78 is 4.66. The molecule has 2 rings (SSSR count). The summed E-state index contributed by atoms with van der Waals surface area (Å²) >= 11 is 0. The highest BCUT2D eigenvalue weighted by molar-refractivity contribution is 5.88. The Morgan fingerprint density at radius 2 is 2.05 bits per heavy atom. The fourth-order valence-corrected chi connectivity index (χ4v) is 2.56. The number of esters is 1. The molecule has 1 aliphatic rings. The smallest absolute Gasteiger partial charge is 0.339 e. The molecule has 1 fully saturated rings. The Hall–Kier alpha value is -1.17. The summed E-state index contributed by atoms with van der Waals surface area (Å²) in [4.78, 5) is 18.0. The molecule has 1 aromatic rings. The molecule has 1 aliphatic heterocycles. The highest BCUT2D eigenvalue weighted by atomic mass is 35.5. The van der Waals surface area contributed by atoms with Crippen LogP contribution in [0.15, 0.2) is 18.3 Å². The van der Waals surface area contributed by atoms with Gasteiger partial charge in [-0.1, -0.05) is 0 Å². The Bertz CT molecular complexity index is 429. The maximum atomic E-state index is 11.3. The fourth-order valence-electron chi connectivity index (χ4n) is 2.56. The first-order valence-electron chi connectivity index (χ1n) is 6.60. The molecule has 0 aromatic carbocycles. The number of nitrogens with zero attached hydrogens (tertiary/aromatic N) is 2. The van der Waals surface area contributed by atoms with Gasteiger partial charge >= 0.3 is 5.97 Å². The molecule has 0 saturated carbocycles. The van der Waals surface area contributed by atoms with Gasteiger partial charge in [-0.3, -0.25) is 9.88 Å². The number of nitrogens with one attached hydrogen (secondary N) is 1. The van der Waals surface area contributed by atoms with Gasteiger partial charge in [0.2, 0.25) is 0 Å². The Morgan fingerprint density at radius 1 is 1.40 bits per heavy atom. The van der Waals surface area contributed by atoms with Gasteiger partial charge in [-0.05, 0) is 26.0 Å². The fraction of sp³-hybridized carbons (Fsp3) is 0.571. The second-order valence-electron chi connectivity index (χ2n) is 5.19. The van der Waals surface area contributed by atoms with Crippen LogP contribution in [0.5, 0.6) is 0 Å². The SMILES string of the molecule is COC(=O)c1ccc(CN2CC(C)NC(C)C2)nc1.Cl. The van der Waals surface area contributed by atoms with Crippen LogP contribution < -0.4 is 5.32 Å². The van der Waals surface area contributed by atoms with E-state index in [1.54, 1.807) is 12.3 Å². The van der Waals surface area contributed by atoms with Crippen molar-refractivity contribution in [3.63, 3.8) is 0 Å². The van der Waals surface area contributed by atoms with Gasteiger partial charge in [0.25, 0.3) is 0 Å². The third-order valence-corrected chi connectivity index (χ3v) is 3.26. The minimum Gasteiger partial charge on any atom is -0.465 e. The van der Waals surface area contributed by atoms with Crippen molar-refractivity contribution in [2.75, 3.05) is 20.2 Å². The van der Waals surface area contributed by atoms with Gasteiger partial charge in [0.15, 0.2) is 0 Å². The topological polar surface area (TPSA) is 54.5 Å². The highest BCUT2D eigenvalue weighted by Gasteiger charge is 2.21. The zero-order valence-corrected chi connectivity index (χ0v) is 12.9. The third-order valence-electron chi connectivity index (χ3n) is 3.26. The predicted octanol–water partition coefficient (Wildman–Crippen LogP) is 1.47. The molecule has 6 heteroatoms. The van der Waals surface area contributed by atoms with E-state index in [1.807, 2.05) is 6.07 Å². The molecule has 2 heterocycles. The Morgan fingerprint density at radius 3 is 2.55 bits per heavy atom. The number of hydrogen-bond donors (Lipinski definition) is 1. The monoisotopic (exact) mass is 299 g/mol. The van der Waals surface area contributed by atoms with Crippen molar-refractivity contribution in [3.05, 3.63) is 29.6 Å². The van der Waals surface area contributed by atoms with Crippen molar-refractivity contribution in [2.24, 2.45) is 0 Å². The molecule has 1 aromatic heterocycles. The Labute approximate surface area is 126 Å². The molecule has 112 valence electrons. The van der Waals surface area contributed by atoms with Crippen molar-refractivity contribution < 1.29 is 9.53 Å². The van der Waals surface area contributed by atoms with Gasteiger partial charge in [-0.25, -0.2) is 4.79 Å². The van der Waals surface area contributed by atoms with Gasteiger partial charge < -0.3 is 10.1 Å². The lowest BCUT2D eigenvalue weighted by Gasteiger charge is -2.35. The van der Waals surface area contributed by atoms with E-state index in [1.165, 1.54) is 7.11 Å². The van der Waals surface area contributed by atoms with E-state index < -0.39 is 0 Å². The summed E-state index contributed by atoms with van der Waals surface area (Å²) in [6.45, 7) is 7.24. The van der Waals surface area contributed by atoms with Crippen LogP contribution in [-0.4, -0.2) is 48.1 Å². The molecule has 5 nitrogen and oxygen atoms in total. The van der Waals surface area contributed by atoms with E-state index in [4.69, 9.17) is 0 Å². The number of pyridine rings is 1. The van der Waals surface area contributed by atoms with Crippen LogP contribution in [0, 0.1) is 0 Å². The summed E-state index contributed by atoms with van der Waals surface area (Å²) in [7, 11) is 1.37. The summed E-state index contributed by atoms with van der Waals surface area (Å²) in [5, 5.41) is 3.50. The summed E-state index contributed by atoms with van der Waals surface area (Å²) in [5.74, 6) is -0.344. The first-order chi connectivity index (χ1) is 9.08. The number of carbonyl (C=O) groups is 1. The van der Waals surface area contributed by atoms with Gasteiger partial charge in [0.1, 0.15) is 0 Å². The van der Waals surface area contributed by atoms with E-state index in [-0.39, 0.29) is 18.4 Å². The third kappa shape index (κ3) is 4.44. The summed E-state index contributed by atoms with van der Waals surface area (Å²) in [6.07, 6.45) is 1.58. The predicted molar refractivity (Wildman–Crippen MR) is 80.2 cm³/mol. The first kappa shape index (κ1) is 16.9.